The van der Waals surface area contributed by atoms with Crippen LogP contribution in [-0.2, 0) is 4.74 Å². The second-order valence-corrected chi connectivity index (χ2v) is 5.51. The van der Waals surface area contributed by atoms with Gasteiger partial charge in [0, 0.05) is 39.2 Å². The molecule has 1 unspecified atom stereocenters. The number of nitrogens with zero attached hydrogens (tertiary/aromatic N) is 2. The molecule has 1 atom stereocenters. The summed E-state index contributed by atoms with van der Waals surface area (Å²) in [4.78, 5) is 6.25. The number of rotatable bonds is 6. The zero-order valence-electron chi connectivity index (χ0n) is 13.5. The van der Waals surface area contributed by atoms with Gasteiger partial charge in [-0.3, -0.25) is 4.99 Å². The minimum atomic E-state index is -0.701. The number of nitrogens with one attached hydrogen (secondary N) is 1. The fourth-order valence-corrected chi connectivity index (χ4v) is 2.50. The molecule has 128 valence electrons. The van der Waals surface area contributed by atoms with Crippen molar-refractivity contribution in [2.75, 3.05) is 47.0 Å². The van der Waals surface area contributed by atoms with Gasteiger partial charge in [-0.15, -0.1) is 0 Å². The van der Waals surface area contributed by atoms with Crippen molar-refractivity contribution in [2.45, 2.75) is 6.42 Å². The topological polar surface area (TPSA) is 46.1 Å². The van der Waals surface area contributed by atoms with Crippen LogP contribution in [0.4, 0.5) is 8.78 Å². The largest absolute Gasteiger partial charge is 0.489 e. The van der Waals surface area contributed by atoms with Gasteiger partial charge >= 0.3 is 0 Å². The minimum Gasteiger partial charge on any atom is -0.489 e. The zero-order valence-corrected chi connectivity index (χ0v) is 13.5. The summed E-state index contributed by atoms with van der Waals surface area (Å²) in [5, 5.41) is 3.16. The summed E-state index contributed by atoms with van der Waals surface area (Å²) in [6.45, 7) is 3.19. The van der Waals surface area contributed by atoms with Gasteiger partial charge in [0.1, 0.15) is 12.4 Å². The lowest BCUT2D eigenvalue weighted by Gasteiger charge is -2.24. The van der Waals surface area contributed by atoms with E-state index in [1.54, 1.807) is 7.05 Å². The minimum absolute atomic E-state index is 0.0413. The molecule has 1 aliphatic rings. The number of ether oxygens (including phenoxy) is 2. The summed E-state index contributed by atoms with van der Waals surface area (Å²) in [6.07, 6.45) is 1.06. The Balaban J connectivity index is 1.72. The first kappa shape index (κ1) is 17.5. The molecular formula is C16H23F2N3O2. The van der Waals surface area contributed by atoms with Crippen LogP contribution < -0.4 is 10.1 Å². The fourth-order valence-electron chi connectivity index (χ4n) is 2.50. The van der Waals surface area contributed by atoms with Gasteiger partial charge in [0.25, 0.3) is 0 Å². The van der Waals surface area contributed by atoms with E-state index in [9.17, 15) is 8.78 Å². The molecule has 1 N–H and O–H groups in total. The molecule has 0 radical (unpaired) electrons. The number of halogens is 2. The molecule has 5 nitrogen and oxygen atoms in total. The third kappa shape index (κ3) is 5.35. The van der Waals surface area contributed by atoms with Crippen molar-refractivity contribution in [3.05, 3.63) is 29.8 Å². The molecule has 0 amide bonds. The third-order valence-electron chi connectivity index (χ3n) is 3.67. The van der Waals surface area contributed by atoms with E-state index in [1.165, 1.54) is 12.1 Å². The first-order valence-corrected chi connectivity index (χ1v) is 7.67. The SMILES string of the molecule is CN=C(NCCOc1ccc(F)cc1F)N(C)CC1CCOC1. The highest BCUT2D eigenvalue weighted by Gasteiger charge is 2.18. The van der Waals surface area contributed by atoms with E-state index in [2.05, 4.69) is 10.3 Å². The molecule has 0 aliphatic carbocycles. The zero-order chi connectivity index (χ0) is 16.7. The predicted molar refractivity (Wildman–Crippen MR) is 84.8 cm³/mol. The first-order chi connectivity index (χ1) is 11.1. The van der Waals surface area contributed by atoms with E-state index in [1.807, 2.05) is 11.9 Å². The number of hydrogen-bond acceptors (Lipinski definition) is 3. The van der Waals surface area contributed by atoms with E-state index < -0.39 is 11.6 Å². The normalized spacial score (nSPS) is 18.1. The first-order valence-electron chi connectivity index (χ1n) is 7.67. The molecule has 0 aromatic heterocycles. The van der Waals surface area contributed by atoms with Crippen molar-refractivity contribution in [1.82, 2.24) is 10.2 Å². The Labute approximate surface area is 135 Å². The monoisotopic (exact) mass is 327 g/mol. The molecule has 1 heterocycles. The number of aliphatic imine (C=N–C) groups is 1. The Hall–Kier alpha value is -1.89. The Morgan fingerprint density at radius 1 is 1.48 bits per heavy atom. The molecule has 0 bridgehead atoms. The lowest BCUT2D eigenvalue weighted by molar-refractivity contribution is 0.181. The van der Waals surface area contributed by atoms with Gasteiger partial charge < -0.3 is 19.7 Å². The molecule has 0 spiro atoms. The van der Waals surface area contributed by atoms with Gasteiger partial charge in [0.15, 0.2) is 17.5 Å². The molecule has 1 fully saturated rings. The van der Waals surface area contributed by atoms with Crippen LogP contribution >= 0.6 is 0 Å². The average Bonchev–Trinajstić information content (AvgIpc) is 3.02. The molecular weight excluding hydrogens is 304 g/mol. The van der Waals surface area contributed by atoms with Crippen LogP contribution in [0.5, 0.6) is 5.75 Å². The maximum Gasteiger partial charge on any atom is 0.193 e. The van der Waals surface area contributed by atoms with Gasteiger partial charge in [0.2, 0.25) is 0 Å². The highest BCUT2D eigenvalue weighted by atomic mass is 19.1. The molecule has 0 saturated carbocycles. The van der Waals surface area contributed by atoms with Gasteiger partial charge in [-0.2, -0.15) is 0 Å². The summed E-state index contributed by atoms with van der Waals surface area (Å²) < 4.78 is 36.9. The van der Waals surface area contributed by atoms with Gasteiger partial charge in [-0.1, -0.05) is 0 Å². The highest BCUT2D eigenvalue weighted by molar-refractivity contribution is 5.79. The summed E-state index contributed by atoms with van der Waals surface area (Å²) in [7, 11) is 3.68. The molecule has 7 heteroatoms. The second kappa shape index (κ2) is 8.67. The van der Waals surface area contributed by atoms with Gasteiger partial charge in [-0.25, -0.2) is 8.78 Å². The lowest BCUT2D eigenvalue weighted by atomic mass is 10.1. The van der Waals surface area contributed by atoms with Crippen LogP contribution in [0.3, 0.4) is 0 Å². The van der Waals surface area contributed by atoms with Gasteiger partial charge in [0.05, 0.1) is 13.2 Å². The molecule has 1 aliphatic heterocycles. The van der Waals surface area contributed by atoms with Crippen LogP contribution in [0.25, 0.3) is 0 Å². The molecule has 1 aromatic carbocycles. The Kier molecular flexibility index (Phi) is 6.58. The molecule has 23 heavy (non-hydrogen) atoms. The van der Waals surface area contributed by atoms with E-state index in [0.717, 1.165) is 38.2 Å². The van der Waals surface area contributed by atoms with Crippen LogP contribution in [0.1, 0.15) is 6.42 Å². The third-order valence-corrected chi connectivity index (χ3v) is 3.67. The van der Waals surface area contributed by atoms with Crippen LogP contribution in [0.15, 0.2) is 23.2 Å². The van der Waals surface area contributed by atoms with Crippen molar-refractivity contribution >= 4 is 5.96 Å². The Bertz CT molecular complexity index is 534. The van der Waals surface area contributed by atoms with Crippen molar-refractivity contribution < 1.29 is 18.3 Å². The average molecular weight is 327 g/mol. The second-order valence-electron chi connectivity index (χ2n) is 5.51. The Morgan fingerprint density at radius 3 is 2.96 bits per heavy atom. The Morgan fingerprint density at radius 2 is 2.30 bits per heavy atom. The number of guanidine groups is 1. The van der Waals surface area contributed by atoms with Crippen LogP contribution in [0.2, 0.25) is 0 Å². The summed E-state index contributed by atoms with van der Waals surface area (Å²) in [5.41, 5.74) is 0. The van der Waals surface area contributed by atoms with Crippen LogP contribution in [-0.4, -0.2) is 57.9 Å². The van der Waals surface area contributed by atoms with Crippen molar-refractivity contribution in [3.63, 3.8) is 0 Å². The maximum atomic E-state index is 13.4. The van der Waals surface area contributed by atoms with E-state index in [0.29, 0.717) is 12.5 Å². The van der Waals surface area contributed by atoms with E-state index in [-0.39, 0.29) is 12.4 Å². The molecule has 1 aromatic rings. The highest BCUT2D eigenvalue weighted by Crippen LogP contribution is 2.17. The van der Waals surface area contributed by atoms with E-state index >= 15 is 0 Å². The quantitative estimate of drug-likeness (QED) is 0.492. The standard InChI is InChI=1S/C16H23F2N3O2/c1-19-16(21(2)10-12-5-7-22-11-12)20-6-8-23-15-4-3-13(17)9-14(15)18/h3-4,9,12H,5-8,10-11H2,1-2H3,(H,19,20). The summed E-state index contributed by atoms with van der Waals surface area (Å²) in [5.74, 6) is -0.0125. The van der Waals surface area contributed by atoms with Crippen molar-refractivity contribution in [2.24, 2.45) is 10.9 Å². The maximum absolute atomic E-state index is 13.4. The number of hydrogen-bond donors (Lipinski definition) is 1. The number of benzene rings is 1. The summed E-state index contributed by atoms with van der Waals surface area (Å²) >= 11 is 0. The summed E-state index contributed by atoms with van der Waals surface area (Å²) in [6, 6.07) is 3.26. The lowest BCUT2D eigenvalue weighted by Crippen LogP contribution is -2.42. The van der Waals surface area contributed by atoms with Crippen molar-refractivity contribution in [1.29, 1.82) is 0 Å². The van der Waals surface area contributed by atoms with Gasteiger partial charge in [-0.05, 0) is 18.6 Å². The smallest absolute Gasteiger partial charge is 0.193 e. The van der Waals surface area contributed by atoms with E-state index in [4.69, 9.17) is 9.47 Å². The predicted octanol–water partition coefficient (Wildman–Crippen LogP) is 1.89. The van der Waals surface area contributed by atoms with Crippen molar-refractivity contribution in [3.8, 4) is 5.75 Å². The molecule has 2 rings (SSSR count). The molecule has 1 saturated heterocycles. The fraction of sp³-hybridized carbons (Fsp3) is 0.562. The van der Waals surface area contributed by atoms with Crippen LogP contribution in [0, 0.1) is 17.6 Å².